The summed E-state index contributed by atoms with van der Waals surface area (Å²) in [6.45, 7) is 9.26. The first kappa shape index (κ1) is 22.7. The highest BCUT2D eigenvalue weighted by Crippen LogP contribution is 2.60. The molecule has 2 rings (SSSR count). The first-order valence-electron chi connectivity index (χ1n) is 8.87. The van der Waals surface area contributed by atoms with E-state index in [1.54, 1.807) is 26.8 Å². The van der Waals surface area contributed by atoms with Crippen LogP contribution in [0.2, 0.25) is 0 Å². The Kier molecular flexibility index (Phi) is 7.17. The molecule has 1 saturated carbocycles. The molecule has 1 aliphatic carbocycles. The van der Waals surface area contributed by atoms with Gasteiger partial charge in [-0.2, -0.15) is 0 Å². The quantitative estimate of drug-likeness (QED) is 0.598. The SMILES string of the molecule is CCOC(=O)c1sc(NC(=O)C2C(C=C(Cl)Cl)C2(C)C)c(C(=O)OCC)c1C. The van der Waals surface area contributed by atoms with Crippen molar-refractivity contribution in [3.63, 3.8) is 0 Å². The molecule has 1 fully saturated rings. The van der Waals surface area contributed by atoms with E-state index in [1.165, 1.54) is 0 Å². The normalized spacial score (nSPS) is 19.5. The zero-order valence-electron chi connectivity index (χ0n) is 16.4. The molecule has 0 aliphatic heterocycles. The summed E-state index contributed by atoms with van der Waals surface area (Å²) in [7, 11) is 0. The van der Waals surface area contributed by atoms with Gasteiger partial charge in [0.05, 0.1) is 24.7 Å². The van der Waals surface area contributed by atoms with E-state index in [0.717, 1.165) is 11.3 Å². The van der Waals surface area contributed by atoms with E-state index in [9.17, 15) is 14.4 Å². The molecule has 0 spiro atoms. The van der Waals surface area contributed by atoms with Gasteiger partial charge in [-0.15, -0.1) is 11.3 Å². The fraction of sp³-hybridized carbons (Fsp3) is 0.526. The van der Waals surface area contributed by atoms with Crippen LogP contribution < -0.4 is 5.32 Å². The zero-order chi connectivity index (χ0) is 21.2. The Labute approximate surface area is 178 Å². The summed E-state index contributed by atoms with van der Waals surface area (Å²) in [4.78, 5) is 37.7. The summed E-state index contributed by atoms with van der Waals surface area (Å²) < 4.78 is 10.2. The van der Waals surface area contributed by atoms with E-state index in [2.05, 4.69) is 5.32 Å². The second-order valence-corrected chi connectivity index (χ2v) is 9.00. The highest BCUT2D eigenvalue weighted by molar-refractivity contribution is 7.18. The van der Waals surface area contributed by atoms with Crippen LogP contribution >= 0.6 is 34.5 Å². The number of carbonyl (C=O) groups is 3. The van der Waals surface area contributed by atoms with Crippen molar-refractivity contribution in [1.29, 1.82) is 0 Å². The molecule has 1 aromatic rings. The summed E-state index contributed by atoms with van der Waals surface area (Å²) in [5.74, 6) is -1.89. The Morgan fingerprint density at radius 1 is 1.14 bits per heavy atom. The largest absolute Gasteiger partial charge is 0.462 e. The lowest BCUT2D eigenvalue weighted by atomic mass is 10.1. The lowest BCUT2D eigenvalue weighted by Crippen LogP contribution is -2.18. The second-order valence-electron chi connectivity index (χ2n) is 6.97. The Morgan fingerprint density at radius 3 is 2.25 bits per heavy atom. The van der Waals surface area contributed by atoms with E-state index in [-0.39, 0.29) is 56.3 Å². The fourth-order valence-corrected chi connectivity index (χ4v) is 4.62. The molecule has 154 valence electrons. The lowest BCUT2D eigenvalue weighted by molar-refractivity contribution is -0.118. The van der Waals surface area contributed by atoms with Gasteiger partial charge < -0.3 is 14.8 Å². The average molecular weight is 448 g/mol. The molecule has 0 bridgehead atoms. The maximum absolute atomic E-state index is 12.8. The van der Waals surface area contributed by atoms with Crippen LogP contribution in [-0.4, -0.2) is 31.1 Å². The van der Waals surface area contributed by atoms with Crippen molar-refractivity contribution in [2.75, 3.05) is 18.5 Å². The van der Waals surface area contributed by atoms with E-state index in [1.807, 2.05) is 13.8 Å². The minimum absolute atomic E-state index is 0.108. The van der Waals surface area contributed by atoms with Crippen LogP contribution in [0.25, 0.3) is 0 Å². The molecule has 28 heavy (non-hydrogen) atoms. The Bertz CT molecular complexity index is 827. The molecule has 0 aromatic carbocycles. The van der Waals surface area contributed by atoms with E-state index in [0.29, 0.717) is 5.56 Å². The minimum atomic E-state index is -0.600. The predicted octanol–water partition coefficient (Wildman–Crippen LogP) is 4.94. The van der Waals surface area contributed by atoms with Crippen molar-refractivity contribution < 1.29 is 23.9 Å². The van der Waals surface area contributed by atoms with E-state index >= 15 is 0 Å². The Hall–Kier alpha value is -1.57. The van der Waals surface area contributed by atoms with Gasteiger partial charge in [0.1, 0.15) is 14.4 Å². The molecule has 0 saturated heterocycles. The first-order valence-corrected chi connectivity index (χ1v) is 10.4. The lowest BCUT2D eigenvalue weighted by Gasteiger charge is -2.07. The molecule has 6 nitrogen and oxygen atoms in total. The molecule has 1 aliphatic rings. The number of esters is 2. The molecule has 1 N–H and O–H groups in total. The highest BCUT2D eigenvalue weighted by atomic mass is 35.5. The van der Waals surface area contributed by atoms with Crippen LogP contribution in [0.4, 0.5) is 5.00 Å². The van der Waals surface area contributed by atoms with Gasteiger partial charge in [-0.1, -0.05) is 37.0 Å². The summed E-state index contributed by atoms with van der Waals surface area (Å²) in [6, 6.07) is 0. The molecular formula is C19H23Cl2NO5S. The molecular weight excluding hydrogens is 425 g/mol. The van der Waals surface area contributed by atoms with Crippen LogP contribution in [0.15, 0.2) is 10.6 Å². The van der Waals surface area contributed by atoms with Gasteiger partial charge in [0.2, 0.25) is 5.91 Å². The molecule has 1 amide bonds. The van der Waals surface area contributed by atoms with Gasteiger partial charge in [-0.05, 0) is 43.7 Å². The van der Waals surface area contributed by atoms with Crippen LogP contribution in [0, 0.1) is 24.2 Å². The summed E-state index contributed by atoms with van der Waals surface area (Å²) in [6.07, 6.45) is 1.64. The maximum atomic E-state index is 12.8. The van der Waals surface area contributed by atoms with Crippen molar-refractivity contribution in [3.05, 3.63) is 26.6 Å². The molecule has 2 atom stereocenters. The Balaban J connectivity index is 2.35. The molecule has 2 unspecified atom stereocenters. The second kappa shape index (κ2) is 8.84. The monoisotopic (exact) mass is 447 g/mol. The van der Waals surface area contributed by atoms with E-state index < -0.39 is 11.9 Å². The zero-order valence-corrected chi connectivity index (χ0v) is 18.7. The minimum Gasteiger partial charge on any atom is -0.462 e. The maximum Gasteiger partial charge on any atom is 0.348 e. The number of hydrogen-bond donors (Lipinski definition) is 1. The third-order valence-electron chi connectivity index (χ3n) is 4.82. The van der Waals surface area contributed by atoms with Gasteiger partial charge >= 0.3 is 11.9 Å². The van der Waals surface area contributed by atoms with E-state index in [4.69, 9.17) is 32.7 Å². The average Bonchev–Trinajstić information content (AvgIpc) is 2.94. The van der Waals surface area contributed by atoms with Crippen molar-refractivity contribution >= 4 is 57.4 Å². The smallest absolute Gasteiger partial charge is 0.348 e. The van der Waals surface area contributed by atoms with Crippen LogP contribution in [0.3, 0.4) is 0 Å². The number of thiophene rings is 1. The molecule has 1 heterocycles. The summed E-state index contributed by atoms with van der Waals surface area (Å²) >= 11 is 12.5. The number of nitrogens with one attached hydrogen (secondary N) is 1. The number of allylic oxidation sites excluding steroid dienone is 1. The standard InChI is InChI=1S/C19H23Cl2NO5S/c1-6-26-17(24)12-9(3)14(18(25)27-7-2)28-16(12)22-15(23)13-10(8-11(20)21)19(13,4)5/h8,10,13H,6-7H2,1-5H3,(H,22,23). The third-order valence-corrected chi connectivity index (χ3v) is 6.26. The number of halogens is 2. The van der Waals surface area contributed by atoms with Gasteiger partial charge in [-0.25, -0.2) is 9.59 Å². The third kappa shape index (κ3) is 4.53. The van der Waals surface area contributed by atoms with Crippen molar-refractivity contribution in [2.45, 2.75) is 34.6 Å². The topological polar surface area (TPSA) is 81.7 Å². The van der Waals surface area contributed by atoms with Crippen LogP contribution in [0.1, 0.15) is 53.3 Å². The van der Waals surface area contributed by atoms with Gasteiger partial charge in [0, 0.05) is 0 Å². The van der Waals surface area contributed by atoms with Crippen LogP contribution in [-0.2, 0) is 14.3 Å². The number of rotatable bonds is 7. The number of carbonyl (C=O) groups excluding carboxylic acids is 3. The van der Waals surface area contributed by atoms with Gasteiger partial charge in [0.25, 0.3) is 0 Å². The summed E-state index contributed by atoms with van der Waals surface area (Å²) in [5, 5.41) is 3.05. The predicted molar refractivity (Wildman–Crippen MR) is 110 cm³/mol. The van der Waals surface area contributed by atoms with Crippen LogP contribution in [0.5, 0.6) is 0 Å². The number of ether oxygens (including phenoxy) is 2. The first-order chi connectivity index (χ1) is 13.1. The van der Waals surface area contributed by atoms with Crippen molar-refractivity contribution in [3.8, 4) is 0 Å². The Morgan fingerprint density at radius 2 is 1.71 bits per heavy atom. The van der Waals surface area contributed by atoms with Crippen molar-refractivity contribution in [1.82, 2.24) is 0 Å². The number of hydrogen-bond acceptors (Lipinski definition) is 6. The van der Waals surface area contributed by atoms with Gasteiger partial charge in [0.15, 0.2) is 0 Å². The number of anilines is 1. The molecule has 9 heteroatoms. The number of amides is 1. The molecule has 0 radical (unpaired) electrons. The fourth-order valence-electron chi connectivity index (χ4n) is 3.26. The molecule has 1 aromatic heterocycles. The van der Waals surface area contributed by atoms with Crippen molar-refractivity contribution in [2.24, 2.45) is 17.3 Å². The summed E-state index contributed by atoms with van der Waals surface area (Å²) in [5.41, 5.74) is 0.274. The van der Waals surface area contributed by atoms with Gasteiger partial charge in [-0.3, -0.25) is 4.79 Å². The highest BCUT2D eigenvalue weighted by Gasteiger charge is 2.60.